The maximum Gasteiger partial charge on any atom is 0.267 e. The Morgan fingerprint density at radius 1 is 1.50 bits per heavy atom. The number of aromatic nitrogens is 1. The van der Waals surface area contributed by atoms with Crippen molar-refractivity contribution in [2.24, 2.45) is 0 Å². The van der Waals surface area contributed by atoms with Gasteiger partial charge >= 0.3 is 0 Å². The summed E-state index contributed by atoms with van der Waals surface area (Å²) >= 11 is 2.63. The Hall–Kier alpha value is -0.780. The van der Waals surface area contributed by atoms with Crippen molar-refractivity contribution in [2.45, 2.75) is 6.43 Å². The molecule has 1 aromatic heterocycles. The number of pyridine rings is 1. The Balaban J connectivity index is 3.28. The van der Waals surface area contributed by atoms with Crippen LogP contribution in [0.4, 0.5) is 13.2 Å². The van der Waals surface area contributed by atoms with Crippen LogP contribution in [0.1, 0.15) is 12.0 Å². The molecule has 0 saturated carbocycles. The summed E-state index contributed by atoms with van der Waals surface area (Å²) in [5.74, 6) is -1.79. The molecular formula is C6H3BrF3NO. The minimum atomic E-state index is -2.92. The van der Waals surface area contributed by atoms with Crippen LogP contribution in [-0.2, 0) is 0 Å². The monoisotopic (exact) mass is 241 g/mol. The van der Waals surface area contributed by atoms with E-state index in [1.165, 1.54) is 0 Å². The van der Waals surface area contributed by atoms with Crippen LogP contribution in [0.5, 0.6) is 5.75 Å². The summed E-state index contributed by atoms with van der Waals surface area (Å²) in [5.41, 5.74) is -0.769. The standard InChI is InChI=1S/C6H3BrF3NO/c7-5-4(12)2(6(9)10)1-3(8)11-5/h1,6,12H. The number of nitrogens with zero attached hydrogens (tertiary/aromatic N) is 1. The first kappa shape index (κ1) is 9.31. The fourth-order valence-electron chi connectivity index (χ4n) is 0.661. The van der Waals surface area contributed by atoms with E-state index in [0.717, 1.165) is 0 Å². The lowest BCUT2D eigenvalue weighted by molar-refractivity contribution is 0.146. The van der Waals surface area contributed by atoms with Crippen LogP contribution in [0.25, 0.3) is 0 Å². The average molecular weight is 242 g/mol. The van der Waals surface area contributed by atoms with Gasteiger partial charge in [-0.2, -0.15) is 4.39 Å². The molecule has 1 aromatic rings. The van der Waals surface area contributed by atoms with Crippen molar-refractivity contribution >= 4 is 15.9 Å². The second-order valence-electron chi connectivity index (χ2n) is 1.97. The molecule has 0 radical (unpaired) electrons. The van der Waals surface area contributed by atoms with E-state index >= 15 is 0 Å². The van der Waals surface area contributed by atoms with Crippen LogP contribution in [-0.4, -0.2) is 10.1 Å². The highest BCUT2D eigenvalue weighted by Gasteiger charge is 2.17. The molecule has 0 bridgehead atoms. The van der Waals surface area contributed by atoms with Gasteiger partial charge in [0.15, 0.2) is 10.4 Å². The van der Waals surface area contributed by atoms with Gasteiger partial charge < -0.3 is 5.11 Å². The highest BCUT2D eigenvalue weighted by molar-refractivity contribution is 9.10. The zero-order valence-electron chi connectivity index (χ0n) is 5.56. The second-order valence-corrected chi connectivity index (χ2v) is 2.73. The smallest absolute Gasteiger partial charge is 0.267 e. The summed E-state index contributed by atoms with van der Waals surface area (Å²) in [6.07, 6.45) is -2.92. The zero-order valence-corrected chi connectivity index (χ0v) is 7.15. The number of alkyl halides is 2. The third-order valence-corrected chi connectivity index (χ3v) is 1.74. The lowest BCUT2D eigenvalue weighted by Crippen LogP contribution is -1.92. The summed E-state index contributed by atoms with van der Waals surface area (Å²) in [6, 6.07) is 0.491. The maximum absolute atomic E-state index is 12.4. The largest absolute Gasteiger partial charge is 0.505 e. The molecule has 0 amide bonds. The van der Waals surface area contributed by atoms with E-state index in [4.69, 9.17) is 5.11 Å². The molecule has 1 N–H and O–H groups in total. The van der Waals surface area contributed by atoms with Gasteiger partial charge in [0.25, 0.3) is 6.43 Å². The highest BCUT2D eigenvalue weighted by Crippen LogP contribution is 2.33. The topological polar surface area (TPSA) is 33.1 Å². The summed E-state index contributed by atoms with van der Waals surface area (Å²) in [6.45, 7) is 0. The van der Waals surface area contributed by atoms with Crippen molar-refractivity contribution < 1.29 is 18.3 Å². The number of halogens is 4. The van der Waals surface area contributed by atoms with E-state index in [-0.39, 0.29) is 4.60 Å². The van der Waals surface area contributed by atoms with Crippen LogP contribution in [0.3, 0.4) is 0 Å². The first-order valence-corrected chi connectivity index (χ1v) is 3.64. The lowest BCUT2D eigenvalue weighted by atomic mass is 10.2. The van der Waals surface area contributed by atoms with E-state index in [9.17, 15) is 13.2 Å². The molecule has 0 aliphatic heterocycles. The first-order valence-electron chi connectivity index (χ1n) is 2.85. The van der Waals surface area contributed by atoms with Crippen molar-refractivity contribution in [3.8, 4) is 5.75 Å². The molecule has 66 valence electrons. The number of aromatic hydroxyl groups is 1. The van der Waals surface area contributed by atoms with Crippen LogP contribution in [0.15, 0.2) is 10.7 Å². The molecule has 0 aliphatic carbocycles. The van der Waals surface area contributed by atoms with Gasteiger partial charge in [-0.3, -0.25) is 0 Å². The Morgan fingerprint density at radius 3 is 2.58 bits per heavy atom. The van der Waals surface area contributed by atoms with Crippen molar-refractivity contribution in [1.82, 2.24) is 4.98 Å². The van der Waals surface area contributed by atoms with Crippen LogP contribution >= 0.6 is 15.9 Å². The maximum atomic E-state index is 12.4. The van der Waals surface area contributed by atoms with E-state index < -0.39 is 23.7 Å². The molecule has 0 spiro atoms. The second kappa shape index (κ2) is 3.30. The fraction of sp³-hybridized carbons (Fsp3) is 0.167. The summed E-state index contributed by atoms with van der Waals surface area (Å²) in [7, 11) is 0. The van der Waals surface area contributed by atoms with Crippen LogP contribution in [0, 0.1) is 5.95 Å². The lowest BCUT2D eigenvalue weighted by Gasteiger charge is -2.03. The molecule has 1 heterocycles. The number of hydrogen-bond acceptors (Lipinski definition) is 2. The van der Waals surface area contributed by atoms with Gasteiger partial charge in [0.2, 0.25) is 5.95 Å². The van der Waals surface area contributed by atoms with Gasteiger partial charge in [0.1, 0.15) is 0 Å². The molecule has 0 saturated heterocycles. The average Bonchev–Trinajstić information content (AvgIpc) is 1.96. The zero-order chi connectivity index (χ0) is 9.30. The van der Waals surface area contributed by atoms with Crippen LogP contribution < -0.4 is 0 Å². The van der Waals surface area contributed by atoms with E-state index in [2.05, 4.69) is 20.9 Å². The quantitative estimate of drug-likeness (QED) is 0.768. The number of hydrogen-bond donors (Lipinski definition) is 1. The summed E-state index contributed by atoms with van der Waals surface area (Å²) in [5, 5.41) is 8.94. The molecule has 2 nitrogen and oxygen atoms in total. The minimum Gasteiger partial charge on any atom is -0.505 e. The third-order valence-electron chi connectivity index (χ3n) is 1.18. The van der Waals surface area contributed by atoms with Crippen molar-refractivity contribution in [3.63, 3.8) is 0 Å². The third kappa shape index (κ3) is 1.69. The van der Waals surface area contributed by atoms with Gasteiger partial charge in [0, 0.05) is 6.07 Å². The van der Waals surface area contributed by atoms with Gasteiger partial charge in [-0.05, 0) is 15.9 Å². The van der Waals surface area contributed by atoms with E-state index in [1.807, 2.05) is 0 Å². The Labute approximate surface area is 74.2 Å². The van der Waals surface area contributed by atoms with Gasteiger partial charge in [-0.25, -0.2) is 13.8 Å². The van der Waals surface area contributed by atoms with Gasteiger partial charge in [-0.1, -0.05) is 0 Å². The van der Waals surface area contributed by atoms with Crippen molar-refractivity contribution in [2.75, 3.05) is 0 Å². The molecule has 0 fully saturated rings. The molecule has 6 heteroatoms. The molecule has 12 heavy (non-hydrogen) atoms. The molecule has 0 aromatic carbocycles. The van der Waals surface area contributed by atoms with Crippen molar-refractivity contribution in [3.05, 3.63) is 22.2 Å². The Morgan fingerprint density at radius 2 is 2.08 bits per heavy atom. The summed E-state index contributed by atoms with van der Waals surface area (Å²) in [4.78, 5) is 3.08. The SMILES string of the molecule is Oc1c(C(F)F)cc(F)nc1Br. The first-order chi connectivity index (χ1) is 5.52. The molecule has 1 rings (SSSR count). The van der Waals surface area contributed by atoms with Gasteiger partial charge in [0.05, 0.1) is 5.56 Å². The van der Waals surface area contributed by atoms with E-state index in [0.29, 0.717) is 6.07 Å². The Bertz CT molecular complexity index is 305. The summed E-state index contributed by atoms with van der Waals surface area (Å²) < 4.78 is 36.1. The highest BCUT2D eigenvalue weighted by atomic mass is 79.9. The molecule has 0 atom stereocenters. The normalized spacial score (nSPS) is 10.8. The molecular weight excluding hydrogens is 239 g/mol. The Kier molecular flexibility index (Phi) is 2.56. The predicted molar refractivity (Wildman–Crippen MR) is 38.5 cm³/mol. The predicted octanol–water partition coefficient (Wildman–Crippen LogP) is 2.63. The van der Waals surface area contributed by atoms with Gasteiger partial charge in [-0.15, -0.1) is 0 Å². The number of rotatable bonds is 1. The van der Waals surface area contributed by atoms with E-state index in [1.54, 1.807) is 0 Å². The van der Waals surface area contributed by atoms with Crippen molar-refractivity contribution in [1.29, 1.82) is 0 Å². The fourth-order valence-corrected chi connectivity index (χ4v) is 1.06. The van der Waals surface area contributed by atoms with Crippen LogP contribution in [0.2, 0.25) is 0 Å². The molecule has 0 unspecified atom stereocenters. The minimum absolute atomic E-state index is 0.321. The molecule has 0 aliphatic rings.